The Morgan fingerprint density at radius 1 is 1.24 bits per heavy atom. The van der Waals surface area contributed by atoms with Crippen LogP contribution in [0.4, 0.5) is 14.9 Å². The third-order valence-corrected chi connectivity index (χ3v) is 3.93. The molecule has 2 heterocycles. The Hall–Kier alpha value is -3.00. The van der Waals surface area contributed by atoms with Gasteiger partial charge >= 0.3 is 6.03 Å². The largest absolute Gasteiger partial charge is 0.326 e. The first-order valence-corrected chi connectivity index (χ1v) is 7.60. The Morgan fingerprint density at radius 2 is 1.92 bits per heavy atom. The average molecular weight is 362 g/mol. The lowest BCUT2D eigenvalue weighted by atomic mass is 10.2. The molecule has 0 aliphatic heterocycles. The number of anilines is 1. The van der Waals surface area contributed by atoms with E-state index in [1.54, 1.807) is 18.7 Å². The maximum absolute atomic E-state index is 12.9. The summed E-state index contributed by atoms with van der Waals surface area (Å²) in [4.78, 5) is 28.4. The van der Waals surface area contributed by atoms with Gasteiger partial charge in [-0.05, 0) is 31.2 Å². The summed E-state index contributed by atoms with van der Waals surface area (Å²) in [6.07, 6.45) is 1.28. The quantitative estimate of drug-likeness (QED) is 0.734. The first-order chi connectivity index (χ1) is 11.9. The number of hydrogen-bond donors (Lipinski definition) is 2. The molecule has 3 amide bonds. The number of carbonyl (C=O) groups is 2. The van der Waals surface area contributed by atoms with Crippen LogP contribution in [0.15, 0.2) is 30.5 Å². The van der Waals surface area contributed by atoms with E-state index in [2.05, 4.69) is 20.7 Å². The van der Waals surface area contributed by atoms with Gasteiger partial charge in [-0.2, -0.15) is 5.10 Å². The van der Waals surface area contributed by atoms with Crippen LogP contribution >= 0.6 is 11.6 Å². The highest BCUT2D eigenvalue weighted by atomic mass is 35.5. The minimum absolute atomic E-state index is 0.0551. The molecule has 0 fully saturated rings. The number of hydrogen-bond acceptors (Lipinski definition) is 4. The molecule has 0 radical (unpaired) electrons. The van der Waals surface area contributed by atoms with E-state index in [0.29, 0.717) is 22.4 Å². The number of halogens is 2. The van der Waals surface area contributed by atoms with Crippen molar-refractivity contribution in [3.63, 3.8) is 0 Å². The van der Waals surface area contributed by atoms with Crippen LogP contribution < -0.4 is 10.6 Å². The smallest absolute Gasteiger partial charge is 0.308 e. The van der Waals surface area contributed by atoms with E-state index in [0.717, 1.165) is 0 Å². The minimum Gasteiger partial charge on any atom is -0.308 e. The van der Waals surface area contributed by atoms with Crippen LogP contribution in [0, 0.1) is 12.7 Å². The molecule has 0 bridgehead atoms. The summed E-state index contributed by atoms with van der Waals surface area (Å²) >= 11 is 6.29. The Morgan fingerprint density at radius 3 is 2.60 bits per heavy atom. The van der Waals surface area contributed by atoms with Gasteiger partial charge in [0.15, 0.2) is 5.65 Å². The van der Waals surface area contributed by atoms with E-state index in [9.17, 15) is 14.0 Å². The summed E-state index contributed by atoms with van der Waals surface area (Å²) in [5.41, 5.74) is 1.56. The van der Waals surface area contributed by atoms with Crippen molar-refractivity contribution in [3.8, 4) is 0 Å². The summed E-state index contributed by atoms with van der Waals surface area (Å²) in [5.74, 6) is -1.14. The highest BCUT2D eigenvalue weighted by Gasteiger charge is 2.19. The van der Waals surface area contributed by atoms with Gasteiger partial charge in [0.1, 0.15) is 5.82 Å². The van der Waals surface area contributed by atoms with Crippen LogP contribution in [0.1, 0.15) is 16.1 Å². The Balaban J connectivity index is 1.80. The van der Waals surface area contributed by atoms with Crippen LogP contribution in [0.25, 0.3) is 11.0 Å². The van der Waals surface area contributed by atoms with E-state index in [1.807, 2.05) is 0 Å². The summed E-state index contributed by atoms with van der Waals surface area (Å²) in [7, 11) is 1.72. The van der Waals surface area contributed by atoms with Gasteiger partial charge in [-0.15, -0.1) is 0 Å². The summed E-state index contributed by atoms with van der Waals surface area (Å²) in [6.45, 7) is 1.75. The van der Waals surface area contributed by atoms with E-state index >= 15 is 0 Å². The number of nitrogens with one attached hydrogen (secondary N) is 2. The molecular weight excluding hydrogens is 349 g/mol. The number of nitrogens with zero attached hydrogens (tertiary/aromatic N) is 3. The van der Waals surface area contributed by atoms with Crippen LogP contribution in [0.5, 0.6) is 0 Å². The predicted octanol–water partition coefficient (Wildman–Crippen LogP) is 3.03. The van der Waals surface area contributed by atoms with Crippen LogP contribution in [-0.4, -0.2) is 26.7 Å². The molecule has 128 valence electrons. The van der Waals surface area contributed by atoms with E-state index in [4.69, 9.17) is 11.6 Å². The molecule has 0 aliphatic rings. The topological polar surface area (TPSA) is 88.9 Å². The number of carbonyl (C=O) groups excluding carboxylic acids is 2. The van der Waals surface area contributed by atoms with Gasteiger partial charge in [-0.1, -0.05) is 11.6 Å². The van der Waals surface area contributed by atoms with Gasteiger partial charge in [0.2, 0.25) is 0 Å². The third kappa shape index (κ3) is 3.29. The first kappa shape index (κ1) is 16.8. The normalized spacial score (nSPS) is 10.7. The molecule has 0 saturated heterocycles. The van der Waals surface area contributed by atoms with Crippen molar-refractivity contribution in [3.05, 3.63) is 52.6 Å². The standard InChI is InChI=1S/C16H13ClFN5O2/c1-8-12-13(17)11(7-19-14(12)23(2)22-8)15(24)21-16(25)20-10-5-3-9(18)4-6-10/h3-7H,1-2H3,(H2,20,21,24,25). The zero-order valence-electron chi connectivity index (χ0n) is 13.3. The molecule has 7 nitrogen and oxygen atoms in total. The average Bonchev–Trinajstić information content (AvgIpc) is 2.85. The van der Waals surface area contributed by atoms with Crippen molar-refractivity contribution in [1.29, 1.82) is 0 Å². The molecule has 0 spiro atoms. The second kappa shape index (κ2) is 6.48. The lowest BCUT2D eigenvalue weighted by Gasteiger charge is -2.08. The third-order valence-electron chi connectivity index (χ3n) is 3.54. The number of aromatic nitrogens is 3. The van der Waals surface area contributed by atoms with E-state index in [1.165, 1.54) is 30.5 Å². The van der Waals surface area contributed by atoms with Crippen LogP contribution in [0.2, 0.25) is 5.02 Å². The van der Waals surface area contributed by atoms with Gasteiger partial charge in [0, 0.05) is 18.9 Å². The summed E-state index contributed by atoms with van der Waals surface area (Å²) in [6, 6.07) is 4.36. The number of aryl methyl sites for hydroxylation is 2. The molecule has 9 heteroatoms. The molecule has 3 rings (SSSR count). The number of pyridine rings is 1. The number of urea groups is 1. The molecule has 0 atom stereocenters. The Kier molecular flexibility index (Phi) is 4.37. The van der Waals surface area contributed by atoms with Crippen molar-refractivity contribution in [2.75, 3.05) is 5.32 Å². The predicted molar refractivity (Wildman–Crippen MR) is 91.1 cm³/mol. The van der Waals surface area contributed by atoms with Crippen molar-refractivity contribution < 1.29 is 14.0 Å². The number of fused-ring (bicyclic) bond motifs is 1. The molecule has 25 heavy (non-hydrogen) atoms. The Bertz CT molecular complexity index is 984. The number of benzene rings is 1. The molecule has 0 saturated carbocycles. The minimum atomic E-state index is -0.768. The SMILES string of the molecule is Cc1nn(C)c2ncc(C(=O)NC(=O)Nc3ccc(F)cc3)c(Cl)c12. The highest BCUT2D eigenvalue weighted by Crippen LogP contribution is 2.27. The van der Waals surface area contributed by atoms with Gasteiger partial charge in [0.05, 0.1) is 21.7 Å². The second-order valence-electron chi connectivity index (χ2n) is 5.31. The zero-order valence-corrected chi connectivity index (χ0v) is 14.1. The monoisotopic (exact) mass is 361 g/mol. The fraction of sp³-hybridized carbons (Fsp3) is 0.125. The number of amides is 3. The van der Waals surface area contributed by atoms with Gasteiger partial charge < -0.3 is 5.32 Å². The number of imide groups is 1. The summed E-state index contributed by atoms with van der Waals surface area (Å²) < 4.78 is 14.4. The summed E-state index contributed by atoms with van der Waals surface area (Å²) in [5, 5.41) is 9.51. The van der Waals surface area contributed by atoms with Gasteiger partial charge in [0.25, 0.3) is 5.91 Å². The van der Waals surface area contributed by atoms with Crippen molar-refractivity contribution in [2.24, 2.45) is 7.05 Å². The molecule has 1 aromatic carbocycles. The van der Waals surface area contributed by atoms with E-state index < -0.39 is 17.8 Å². The molecular formula is C16H13ClFN5O2. The first-order valence-electron chi connectivity index (χ1n) is 7.22. The fourth-order valence-corrected chi connectivity index (χ4v) is 2.75. The lowest BCUT2D eigenvalue weighted by molar-refractivity contribution is 0.0967. The zero-order chi connectivity index (χ0) is 18.1. The lowest BCUT2D eigenvalue weighted by Crippen LogP contribution is -2.34. The molecule has 0 aliphatic carbocycles. The van der Waals surface area contributed by atoms with Crippen LogP contribution in [-0.2, 0) is 7.05 Å². The van der Waals surface area contributed by atoms with Crippen molar-refractivity contribution in [2.45, 2.75) is 6.92 Å². The molecule has 2 aromatic heterocycles. The van der Waals surface area contributed by atoms with Gasteiger partial charge in [-0.25, -0.2) is 14.2 Å². The number of rotatable bonds is 2. The molecule has 3 aromatic rings. The van der Waals surface area contributed by atoms with Crippen LogP contribution in [0.3, 0.4) is 0 Å². The Labute approximate surface area is 146 Å². The maximum atomic E-state index is 12.9. The van der Waals surface area contributed by atoms with Crippen molar-refractivity contribution >= 4 is 40.3 Å². The second-order valence-corrected chi connectivity index (χ2v) is 5.69. The molecule has 0 unspecified atom stereocenters. The van der Waals surface area contributed by atoms with Crippen molar-refractivity contribution in [1.82, 2.24) is 20.1 Å². The molecule has 2 N–H and O–H groups in total. The van der Waals surface area contributed by atoms with E-state index in [-0.39, 0.29) is 10.6 Å². The fourth-order valence-electron chi connectivity index (χ4n) is 2.39. The van der Waals surface area contributed by atoms with Gasteiger partial charge in [-0.3, -0.25) is 14.8 Å². The highest BCUT2D eigenvalue weighted by molar-refractivity contribution is 6.38. The maximum Gasteiger partial charge on any atom is 0.326 e.